The van der Waals surface area contributed by atoms with Crippen molar-refractivity contribution in [2.75, 3.05) is 23.7 Å². The van der Waals surface area contributed by atoms with Crippen LogP contribution in [0.3, 0.4) is 0 Å². The number of anilines is 2. The first-order chi connectivity index (χ1) is 13.7. The average molecular weight is 376 g/mol. The first-order valence-corrected chi connectivity index (χ1v) is 9.12. The van der Waals surface area contributed by atoms with Gasteiger partial charge in [-0.2, -0.15) is 15.3 Å². The average Bonchev–Trinajstić information content (AvgIpc) is 3.09. The summed E-state index contributed by atoms with van der Waals surface area (Å²) in [6.07, 6.45) is 3.10. The van der Waals surface area contributed by atoms with Crippen LogP contribution in [0.4, 0.5) is 11.8 Å². The van der Waals surface area contributed by atoms with E-state index in [4.69, 9.17) is 11.0 Å². The second-order valence-electron chi connectivity index (χ2n) is 6.80. The van der Waals surface area contributed by atoms with Gasteiger partial charge in [0.25, 0.3) is 0 Å². The summed E-state index contributed by atoms with van der Waals surface area (Å²) < 4.78 is 1.71. The van der Waals surface area contributed by atoms with Gasteiger partial charge in [-0.3, -0.25) is 4.57 Å². The van der Waals surface area contributed by atoms with E-state index in [1.165, 1.54) is 6.20 Å². The Balaban J connectivity index is 1.48. The Morgan fingerprint density at radius 1 is 1.25 bits per heavy atom. The van der Waals surface area contributed by atoms with Crippen LogP contribution in [0, 0.1) is 11.3 Å². The minimum absolute atomic E-state index is 0.176. The van der Waals surface area contributed by atoms with E-state index in [1.54, 1.807) is 4.57 Å². The number of hydrogen-bond donors (Lipinski definition) is 2. The van der Waals surface area contributed by atoms with E-state index in [0.717, 1.165) is 37.3 Å². The molecular formula is C19H20N8O. The van der Waals surface area contributed by atoms with Gasteiger partial charge in [-0.25, -0.2) is 14.9 Å². The number of nitrogens with zero attached hydrogens (tertiary/aromatic N) is 6. The van der Waals surface area contributed by atoms with E-state index in [1.807, 2.05) is 41.3 Å². The highest BCUT2D eigenvalue weighted by Crippen LogP contribution is 2.28. The van der Waals surface area contributed by atoms with E-state index in [0.29, 0.717) is 12.5 Å². The van der Waals surface area contributed by atoms with Crippen LogP contribution in [-0.4, -0.2) is 37.8 Å². The second kappa shape index (κ2) is 7.52. The van der Waals surface area contributed by atoms with Crippen LogP contribution >= 0.6 is 0 Å². The van der Waals surface area contributed by atoms with Gasteiger partial charge in [0.2, 0.25) is 5.95 Å². The Bertz CT molecular complexity index is 1060. The molecule has 0 saturated carbocycles. The van der Waals surface area contributed by atoms with Gasteiger partial charge in [0.1, 0.15) is 23.3 Å². The molecule has 1 aliphatic rings. The van der Waals surface area contributed by atoms with Crippen LogP contribution in [0.15, 0.2) is 41.3 Å². The monoisotopic (exact) mass is 376 g/mol. The largest absolute Gasteiger partial charge is 0.382 e. The molecule has 28 heavy (non-hydrogen) atoms. The Hall–Kier alpha value is -3.67. The molecule has 0 radical (unpaired) electrons. The van der Waals surface area contributed by atoms with Crippen molar-refractivity contribution in [1.82, 2.24) is 24.7 Å². The number of aromatic amines is 1. The third kappa shape index (κ3) is 3.44. The summed E-state index contributed by atoms with van der Waals surface area (Å²) in [7, 11) is 0. The van der Waals surface area contributed by atoms with Crippen molar-refractivity contribution < 1.29 is 0 Å². The van der Waals surface area contributed by atoms with Crippen molar-refractivity contribution in [3.05, 3.63) is 64.0 Å². The van der Waals surface area contributed by atoms with Crippen molar-refractivity contribution in [3.8, 4) is 6.07 Å². The molecule has 1 saturated heterocycles. The third-order valence-corrected chi connectivity index (χ3v) is 5.04. The number of H-pyrrole nitrogens is 1. The summed E-state index contributed by atoms with van der Waals surface area (Å²) in [4.78, 5) is 22.8. The van der Waals surface area contributed by atoms with Gasteiger partial charge in [-0.1, -0.05) is 30.3 Å². The van der Waals surface area contributed by atoms with E-state index >= 15 is 0 Å². The lowest BCUT2D eigenvalue weighted by Crippen LogP contribution is -2.35. The smallest absolute Gasteiger partial charge is 0.343 e. The minimum Gasteiger partial charge on any atom is -0.382 e. The van der Waals surface area contributed by atoms with Crippen LogP contribution in [0.1, 0.15) is 35.7 Å². The van der Waals surface area contributed by atoms with Crippen molar-refractivity contribution in [1.29, 1.82) is 5.26 Å². The molecule has 2 aromatic heterocycles. The number of nitrogens with one attached hydrogen (secondary N) is 1. The molecule has 0 atom stereocenters. The number of piperidine rings is 1. The maximum atomic E-state index is 12.2. The van der Waals surface area contributed by atoms with Gasteiger partial charge in [-0.15, -0.1) is 0 Å². The first kappa shape index (κ1) is 17.7. The van der Waals surface area contributed by atoms with E-state index < -0.39 is 0 Å². The summed E-state index contributed by atoms with van der Waals surface area (Å²) >= 11 is 0. The quantitative estimate of drug-likeness (QED) is 0.701. The van der Waals surface area contributed by atoms with Gasteiger partial charge < -0.3 is 10.6 Å². The summed E-state index contributed by atoms with van der Waals surface area (Å²) in [5.74, 6) is 1.68. The summed E-state index contributed by atoms with van der Waals surface area (Å²) in [5, 5.41) is 15.8. The van der Waals surface area contributed by atoms with Gasteiger partial charge in [0.05, 0.1) is 12.7 Å². The molecular weight excluding hydrogens is 356 g/mol. The van der Waals surface area contributed by atoms with Gasteiger partial charge in [0, 0.05) is 19.0 Å². The molecule has 0 bridgehead atoms. The number of nitriles is 1. The molecule has 0 unspecified atom stereocenters. The Labute approximate surface area is 161 Å². The van der Waals surface area contributed by atoms with Crippen molar-refractivity contribution in [2.24, 2.45) is 0 Å². The van der Waals surface area contributed by atoms with Crippen LogP contribution in [0.25, 0.3) is 0 Å². The molecule has 3 heterocycles. The molecule has 0 amide bonds. The van der Waals surface area contributed by atoms with Gasteiger partial charge >= 0.3 is 5.69 Å². The fraction of sp³-hybridized carbons (Fsp3) is 0.316. The SMILES string of the molecule is N#Cc1cnc(N2CCC(c3n[nH]c(=O)n3Cc3ccccc3)CC2)nc1N. The maximum absolute atomic E-state index is 12.2. The Kier molecular flexibility index (Phi) is 4.76. The van der Waals surface area contributed by atoms with Crippen molar-refractivity contribution >= 4 is 11.8 Å². The maximum Gasteiger partial charge on any atom is 0.343 e. The second-order valence-corrected chi connectivity index (χ2v) is 6.80. The number of nitrogens with two attached hydrogens (primary N) is 1. The number of rotatable bonds is 4. The number of hydrogen-bond acceptors (Lipinski definition) is 7. The molecule has 9 nitrogen and oxygen atoms in total. The van der Waals surface area contributed by atoms with Gasteiger partial charge in [-0.05, 0) is 18.4 Å². The molecule has 1 aliphatic heterocycles. The molecule has 1 fully saturated rings. The first-order valence-electron chi connectivity index (χ1n) is 9.12. The fourth-order valence-electron chi connectivity index (χ4n) is 3.52. The van der Waals surface area contributed by atoms with Crippen LogP contribution in [0.2, 0.25) is 0 Å². The summed E-state index contributed by atoms with van der Waals surface area (Å²) in [6, 6.07) is 11.8. The van der Waals surface area contributed by atoms with Crippen LogP contribution < -0.4 is 16.3 Å². The molecule has 4 rings (SSSR count). The Morgan fingerprint density at radius 3 is 2.68 bits per heavy atom. The topological polar surface area (TPSA) is 130 Å². The number of benzene rings is 1. The molecule has 3 N–H and O–H groups in total. The predicted octanol–water partition coefficient (Wildman–Crippen LogP) is 1.25. The Morgan fingerprint density at radius 2 is 2.00 bits per heavy atom. The van der Waals surface area contributed by atoms with Crippen molar-refractivity contribution in [3.63, 3.8) is 0 Å². The standard InChI is InChI=1S/C19H20N8O/c20-10-15-11-22-18(23-16(15)21)26-8-6-14(7-9-26)17-24-25-19(28)27(17)12-13-4-2-1-3-5-13/h1-5,11,14H,6-9,12H2,(H,25,28)(H2,21,22,23). The fourth-order valence-corrected chi connectivity index (χ4v) is 3.52. The molecule has 9 heteroatoms. The molecule has 142 valence electrons. The van der Waals surface area contributed by atoms with E-state index in [9.17, 15) is 4.79 Å². The minimum atomic E-state index is -0.190. The number of aromatic nitrogens is 5. The zero-order valence-electron chi connectivity index (χ0n) is 15.2. The number of nitrogen functional groups attached to an aromatic ring is 1. The molecule has 0 aliphatic carbocycles. The lowest BCUT2D eigenvalue weighted by Gasteiger charge is -2.31. The van der Waals surface area contributed by atoms with Crippen LogP contribution in [-0.2, 0) is 6.54 Å². The summed E-state index contributed by atoms with van der Waals surface area (Å²) in [5.41, 5.74) is 6.95. The molecule has 1 aromatic carbocycles. The highest BCUT2D eigenvalue weighted by molar-refractivity contribution is 5.50. The van der Waals surface area contributed by atoms with E-state index in [-0.39, 0.29) is 23.0 Å². The lowest BCUT2D eigenvalue weighted by molar-refractivity contribution is 0.464. The zero-order chi connectivity index (χ0) is 19.5. The van der Waals surface area contributed by atoms with E-state index in [2.05, 4.69) is 20.2 Å². The zero-order valence-corrected chi connectivity index (χ0v) is 15.2. The molecule has 0 spiro atoms. The molecule has 3 aromatic rings. The van der Waals surface area contributed by atoms with Crippen LogP contribution in [0.5, 0.6) is 0 Å². The third-order valence-electron chi connectivity index (χ3n) is 5.04. The normalized spacial score (nSPS) is 14.8. The summed E-state index contributed by atoms with van der Waals surface area (Å²) in [6.45, 7) is 1.95. The highest BCUT2D eigenvalue weighted by atomic mass is 16.1. The highest BCUT2D eigenvalue weighted by Gasteiger charge is 2.27. The van der Waals surface area contributed by atoms with Crippen molar-refractivity contribution in [2.45, 2.75) is 25.3 Å². The van der Waals surface area contributed by atoms with Gasteiger partial charge in [0.15, 0.2) is 0 Å². The lowest BCUT2D eigenvalue weighted by atomic mass is 9.96. The predicted molar refractivity (Wildman–Crippen MR) is 104 cm³/mol.